The summed E-state index contributed by atoms with van der Waals surface area (Å²) in [5.74, 6) is -0.745. The molecule has 0 fully saturated rings. The summed E-state index contributed by atoms with van der Waals surface area (Å²) in [6.45, 7) is 4.65. The summed E-state index contributed by atoms with van der Waals surface area (Å²) < 4.78 is 10.3. The first-order valence-corrected chi connectivity index (χ1v) is 7.19. The van der Waals surface area contributed by atoms with Crippen LogP contribution in [-0.2, 0) is 9.53 Å². The van der Waals surface area contributed by atoms with Gasteiger partial charge in [-0.2, -0.15) is 0 Å². The van der Waals surface area contributed by atoms with E-state index in [0.717, 1.165) is 0 Å². The number of rotatable bonds is 9. The summed E-state index contributed by atoms with van der Waals surface area (Å²) in [5.41, 5.74) is 0.366. The van der Waals surface area contributed by atoms with Crippen LogP contribution in [0.1, 0.15) is 30.6 Å². The number of amides is 1. The minimum absolute atomic E-state index is 0.171. The molecule has 0 aliphatic carbocycles. The van der Waals surface area contributed by atoms with E-state index in [1.54, 1.807) is 31.4 Å². The molecule has 6 nitrogen and oxygen atoms in total. The number of benzene rings is 1. The van der Waals surface area contributed by atoms with E-state index in [4.69, 9.17) is 14.6 Å². The average molecular weight is 309 g/mol. The molecule has 122 valence electrons. The molecule has 22 heavy (non-hydrogen) atoms. The molecule has 0 heterocycles. The van der Waals surface area contributed by atoms with Crippen LogP contribution in [0.15, 0.2) is 24.3 Å². The molecular formula is C16H23NO5. The normalized spacial score (nSPS) is 12.0. The Morgan fingerprint density at radius 2 is 2.00 bits per heavy atom. The lowest BCUT2D eigenvalue weighted by molar-refractivity contribution is -0.139. The van der Waals surface area contributed by atoms with E-state index in [2.05, 4.69) is 5.32 Å². The van der Waals surface area contributed by atoms with Crippen LogP contribution in [0.4, 0.5) is 0 Å². The van der Waals surface area contributed by atoms with Gasteiger partial charge >= 0.3 is 5.97 Å². The molecule has 1 rings (SSSR count). The van der Waals surface area contributed by atoms with Gasteiger partial charge in [0, 0.05) is 12.7 Å². The Bertz CT molecular complexity index is 501. The van der Waals surface area contributed by atoms with Crippen molar-refractivity contribution in [1.29, 1.82) is 0 Å². The predicted molar refractivity (Wildman–Crippen MR) is 82.2 cm³/mol. The minimum Gasteiger partial charge on any atom is -0.491 e. The number of aliphatic carboxylic acids is 1. The van der Waals surface area contributed by atoms with Gasteiger partial charge in [0.15, 0.2) is 0 Å². The van der Waals surface area contributed by atoms with Crippen molar-refractivity contribution < 1.29 is 24.2 Å². The highest BCUT2D eigenvalue weighted by molar-refractivity contribution is 5.96. The Morgan fingerprint density at radius 1 is 1.27 bits per heavy atom. The van der Waals surface area contributed by atoms with Gasteiger partial charge in [0.25, 0.3) is 5.91 Å². The van der Waals surface area contributed by atoms with Crippen molar-refractivity contribution in [1.82, 2.24) is 5.32 Å². The summed E-state index contributed by atoms with van der Waals surface area (Å²) in [6.07, 6.45) is 0.380. The summed E-state index contributed by atoms with van der Waals surface area (Å²) in [7, 11) is 1.58. The molecule has 0 radical (unpaired) electrons. The van der Waals surface area contributed by atoms with Crippen LogP contribution >= 0.6 is 0 Å². The summed E-state index contributed by atoms with van der Waals surface area (Å²) in [4.78, 5) is 23.4. The van der Waals surface area contributed by atoms with Crippen molar-refractivity contribution in [3.8, 4) is 5.75 Å². The summed E-state index contributed by atoms with van der Waals surface area (Å²) in [5, 5.41) is 11.7. The highest BCUT2D eigenvalue weighted by Crippen LogP contribution is 2.14. The SMILES string of the molecule is COCCOc1cccc(C(=O)NC(CC(C)C)C(=O)O)c1. The van der Waals surface area contributed by atoms with Gasteiger partial charge in [-0.25, -0.2) is 4.79 Å². The van der Waals surface area contributed by atoms with E-state index in [-0.39, 0.29) is 5.92 Å². The van der Waals surface area contributed by atoms with E-state index >= 15 is 0 Å². The molecule has 0 bridgehead atoms. The fourth-order valence-corrected chi connectivity index (χ4v) is 1.90. The van der Waals surface area contributed by atoms with Crippen LogP contribution in [-0.4, -0.2) is 43.3 Å². The number of carboxylic acids is 1. The minimum atomic E-state index is -1.03. The zero-order valence-corrected chi connectivity index (χ0v) is 13.2. The second-order valence-corrected chi connectivity index (χ2v) is 5.36. The van der Waals surface area contributed by atoms with E-state index in [1.807, 2.05) is 13.8 Å². The third kappa shape index (κ3) is 6.13. The maximum absolute atomic E-state index is 12.2. The lowest BCUT2D eigenvalue weighted by Crippen LogP contribution is -2.41. The first-order valence-electron chi connectivity index (χ1n) is 7.19. The Morgan fingerprint density at radius 3 is 2.59 bits per heavy atom. The predicted octanol–water partition coefficient (Wildman–Crippen LogP) is 1.94. The standard InChI is InChI=1S/C16H23NO5/c1-11(2)9-14(16(19)20)17-15(18)12-5-4-6-13(10-12)22-8-7-21-3/h4-6,10-11,14H,7-9H2,1-3H3,(H,17,18)(H,19,20). The summed E-state index contributed by atoms with van der Waals surface area (Å²) >= 11 is 0. The average Bonchev–Trinajstić information content (AvgIpc) is 2.46. The molecule has 1 unspecified atom stereocenters. The van der Waals surface area contributed by atoms with Gasteiger partial charge in [0.2, 0.25) is 0 Å². The fraction of sp³-hybridized carbons (Fsp3) is 0.500. The number of carbonyl (C=O) groups is 2. The van der Waals surface area contributed by atoms with Gasteiger partial charge < -0.3 is 19.9 Å². The number of hydrogen-bond donors (Lipinski definition) is 2. The molecule has 6 heteroatoms. The van der Waals surface area contributed by atoms with Crippen molar-refractivity contribution >= 4 is 11.9 Å². The highest BCUT2D eigenvalue weighted by atomic mass is 16.5. The first kappa shape index (κ1) is 18.0. The molecule has 1 aromatic carbocycles. The molecule has 0 aromatic heterocycles. The van der Waals surface area contributed by atoms with E-state index in [1.165, 1.54) is 0 Å². The van der Waals surface area contributed by atoms with Gasteiger partial charge in [-0.05, 0) is 30.5 Å². The zero-order valence-electron chi connectivity index (χ0n) is 13.2. The molecule has 0 saturated carbocycles. The van der Waals surface area contributed by atoms with Gasteiger partial charge in [-0.1, -0.05) is 19.9 Å². The lowest BCUT2D eigenvalue weighted by Gasteiger charge is -2.16. The maximum Gasteiger partial charge on any atom is 0.326 e. The van der Waals surface area contributed by atoms with Gasteiger partial charge in [0.05, 0.1) is 6.61 Å². The maximum atomic E-state index is 12.2. The molecule has 2 N–H and O–H groups in total. The van der Waals surface area contributed by atoms with Crippen LogP contribution in [0.25, 0.3) is 0 Å². The number of ether oxygens (including phenoxy) is 2. The van der Waals surface area contributed by atoms with Crippen molar-refractivity contribution in [2.75, 3.05) is 20.3 Å². The second kappa shape index (κ2) is 9.04. The van der Waals surface area contributed by atoms with Crippen LogP contribution in [0.3, 0.4) is 0 Å². The molecule has 1 amide bonds. The Hall–Kier alpha value is -2.08. The van der Waals surface area contributed by atoms with Crippen LogP contribution < -0.4 is 10.1 Å². The van der Waals surface area contributed by atoms with E-state index in [0.29, 0.717) is 30.9 Å². The number of carboxylic acid groups (broad SMARTS) is 1. The molecule has 0 aliphatic rings. The van der Waals surface area contributed by atoms with Crippen LogP contribution in [0.5, 0.6) is 5.75 Å². The zero-order chi connectivity index (χ0) is 16.5. The quantitative estimate of drug-likeness (QED) is 0.681. The van der Waals surface area contributed by atoms with Crippen LogP contribution in [0, 0.1) is 5.92 Å². The van der Waals surface area contributed by atoms with E-state index in [9.17, 15) is 9.59 Å². The van der Waals surface area contributed by atoms with Gasteiger partial charge in [0.1, 0.15) is 18.4 Å². The monoisotopic (exact) mass is 309 g/mol. The number of hydrogen-bond acceptors (Lipinski definition) is 4. The smallest absolute Gasteiger partial charge is 0.326 e. The van der Waals surface area contributed by atoms with Crippen molar-refractivity contribution in [2.24, 2.45) is 5.92 Å². The third-order valence-corrected chi connectivity index (χ3v) is 2.96. The highest BCUT2D eigenvalue weighted by Gasteiger charge is 2.21. The number of methoxy groups -OCH3 is 1. The Kier molecular flexibility index (Phi) is 7.39. The van der Waals surface area contributed by atoms with Crippen molar-refractivity contribution in [2.45, 2.75) is 26.3 Å². The first-order chi connectivity index (χ1) is 10.4. The fourth-order valence-electron chi connectivity index (χ4n) is 1.90. The second-order valence-electron chi connectivity index (χ2n) is 5.36. The summed E-state index contributed by atoms with van der Waals surface area (Å²) in [6, 6.07) is 5.72. The Labute approximate surface area is 130 Å². The molecular weight excluding hydrogens is 286 g/mol. The number of nitrogens with one attached hydrogen (secondary N) is 1. The van der Waals surface area contributed by atoms with Crippen molar-refractivity contribution in [3.05, 3.63) is 29.8 Å². The number of carbonyl (C=O) groups excluding carboxylic acids is 1. The van der Waals surface area contributed by atoms with Gasteiger partial charge in [-0.3, -0.25) is 4.79 Å². The largest absolute Gasteiger partial charge is 0.491 e. The third-order valence-electron chi connectivity index (χ3n) is 2.96. The lowest BCUT2D eigenvalue weighted by atomic mass is 10.0. The molecule has 1 atom stereocenters. The molecule has 0 aliphatic heterocycles. The molecule has 1 aromatic rings. The molecule has 0 saturated heterocycles. The van der Waals surface area contributed by atoms with Gasteiger partial charge in [-0.15, -0.1) is 0 Å². The van der Waals surface area contributed by atoms with Crippen molar-refractivity contribution in [3.63, 3.8) is 0 Å². The van der Waals surface area contributed by atoms with E-state index < -0.39 is 17.9 Å². The van der Waals surface area contributed by atoms with Crippen LogP contribution in [0.2, 0.25) is 0 Å². The molecule has 0 spiro atoms. The Balaban J connectivity index is 2.71. The topological polar surface area (TPSA) is 84.9 Å².